The Morgan fingerprint density at radius 1 is 0.829 bits per heavy atom. The summed E-state index contributed by atoms with van der Waals surface area (Å²) in [6.07, 6.45) is -4.64. The highest BCUT2D eigenvalue weighted by Crippen LogP contribution is 2.32. The van der Waals surface area contributed by atoms with Crippen molar-refractivity contribution in [3.63, 3.8) is 0 Å². The van der Waals surface area contributed by atoms with E-state index in [2.05, 4.69) is 5.32 Å². The summed E-state index contributed by atoms with van der Waals surface area (Å²) in [7, 11) is 0. The quantitative estimate of drug-likeness (QED) is 0.598. The molecule has 182 valence electrons. The van der Waals surface area contributed by atoms with E-state index >= 15 is 0 Å². The molecular weight excluding hydrogens is 463 g/mol. The number of amides is 3. The van der Waals surface area contributed by atoms with Crippen molar-refractivity contribution in [2.75, 3.05) is 32.7 Å². The lowest BCUT2D eigenvalue weighted by Crippen LogP contribution is -2.52. The van der Waals surface area contributed by atoms with Crippen molar-refractivity contribution in [2.45, 2.75) is 6.18 Å². The van der Waals surface area contributed by atoms with E-state index in [0.717, 1.165) is 17.7 Å². The second kappa shape index (κ2) is 10.0. The minimum atomic E-state index is -4.64. The lowest BCUT2D eigenvalue weighted by Gasteiger charge is -2.35. The van der Waals surface area contributed by atoms with Crippen molar-refractivity contribution in [1.29, 1.82) is 0 Å². The van der Waals surface area contributed by atoms with Crippen molar-refractivity contribution >= 4 is 17.7 Å². The molecule has 2 heterocycles. The van der Waals surface area contributed by atoms with Gasteiger partial charge in [-0.2, -0.15) is 13.2 Å². The monoisotopic (exact) mass is 485 g/mol. The summed E-state index contributed by atoms with van der Waals surface area (Å²) in [4.78, 5) is 40.3. The third-order valence-corrected chi connectivity index (χ3v) is 5.67. The third kappa shape index (κ3) is 5.53. The van der Waals surface area contributed by atoms with Gasteiger partial charge in [-0.05, 0) is 24.3 Å². The molecule has 1 saturated heterocycles. The number of benzene rings is 2. The zero-order chi connectivity index (χ0) is 25.0. The van der Waals surface area contributed by atoms with Crippen LogP contribution >= 0.6 is 0 Å². The lowest BCUT2D eigenvalue weighted by molar-refractivity contribution is -0.138. The molecule has 1 N–H and O–H groups in total. The molecule has 1 fully saturated rings. The van der Waals surface area contributed by atoms with Crippen LogP contribution in [0.5, 0.6) is 0 Å². The zero-order valence-corrected chi connectivity index (χ0v) is 18.5. The number of carbonyl (C=O) groups is 3. The van der Waals surface area contributed by atoms with Crippen LogP contribution in [0.4, 0.5) is 13.2 Å². The Labute approximate surface area is 199 Å². The van der Waals surface area contributed by atoms with E-state index in [1.54, 1.807) is 6.07 Å². The molecule has 1 aliphatic heterocycles. The van der Waals surface area contributed by atoms with E-state index in [1.807, 2.05) is 30.3 Å². The van der Waals surface area contributed by atoms with Gasteiger partial charge in [0, 0.05) is 31.7 Å². The largest absolute Gasteiger partial charge is 0.451 e. The van der Waals surface area contributed by atoms with Crippen LogP contribution in [0.2, 0.25) is 0 Å². The van der Waals surface area contributed by atoms with E-state index in [0.29, 0.717) is 5.76 Å². The van der Waals surface area contributed by atoms with Gasteiger partial charge in [-0.1, -0.05) is 42.5 Å². The van der Waals surface area contributed by atoms with Crippen molar-refractivity contribution in [3.05, 3.63) is 83.6 Å². The second-order valence-electron chi connectivity index (χ2n) is 7.93. The Morgan fingerprint density at radius 2 is 1.46 bits per heavy atom. The molecule has 7 nitrogen and oxygen atoms in total. The Kier molecular flexibility index (Phi) is 6.90. The minimum Gasteiger partial charge on any atom is -0.451 e. The van der Waals surface area contributed by atoms with Gasteiger partial charge in [-0.15, -0.1) is 0 Å². The Morgan fingerprint density at radius 3 is 2.14 bits per heavy atom. The van der Waals surface area contributed by atoms with Gasteiger partial charge >= 0.3 is 6.18 Å². The summed E-state index contributed by atoms with van der Waals surface area (Å²) in [6.45, 7) is 0.193. The number of carbonyl (C=O) groups excluding carboxylic acids is 3. The van der Waals surface area contributed by atoms with Gasteiger partial charge in [0.05, 0.1) is 17.7 Å². The van der Waals surface area contributed by atoms with E-state index in [4.69, 9.17) is 4.42 Å². The molecule has 0 aliphatic carbocycles. The summed E-state index contributed by atoms with van der Waals surface area (Å²) < 4.78 is 45.3. The predicted octanol–water partition coefficient (Wildman–Crippen LogP) is 3.68. The standard InChI is InChI=1S/C25H22F3N3O4/c26-25(27,28)19-9-5-4-8-18(19)24(34)31-14-12-30(13-15-31)22(32)16-29-23(33)21-11-10-20(35-21)17-6-2-1-3-7-17/h1-11H,12-16H2,(H,29,33). The van der Waals surface area contributed by atoms with Crippen LogP contribution in [0.1, 0.15) is 26.5 Å². The van der Waals surface area contributed by atoms with Gasteiger partial charge in [-0.25, -0.2) is 0 Å². The zero-order valence-electron chi connectivity index (χ0n) is 18.5. The molecule has 0 spiro atoms. The first kappa shape index (κ1) is 24.1. The van der Waals surface area contributed by atoms with Crippen LogP contribution in [0, 0.1) is 0 Å². The number of piperazine rings is 1. The molecule has 1 aliphatic rings. The fraction of sp³-hybridized carbons (Fsp3) is 0.240. The molecule has 3 aromatic rings. The summed E-state index contributed by atoms with van der Waals surface area (Å²) in [6, 6.07) is 17.1. The molecular formula is C25H22F3N3O4. The minimum absolute atomic E-state index is 0.0652. The molecule has 0 radical (unpaired) electrons. The maximum absolute atomic E-state index is 13.2. The van der Waals surface area contributed by atoms with Gasteiger partial charge in [0.25, 0.3) is 11.8 Å². The highest BCUT2D eigenvalue weighted by atomic mass is 19.4. The number of furan rings is 1. The normalized spacial score (nSPS) is 14.0. The number of hydrogen-bond donors (Lipinski definition) is 1. The van der Waals surface area contributed by atoms with E-state index in [-0.39, 0.29) is 44.4 Å². The average molecular weight is 485 g/mol. The summed E-state index contributed by atoms with van der Waals surface area (Å²) in [5.41, 5.74) is -0.590. The molecule has 10 heteroatoms. The molecule has 0 atom stereocenters. The van der Waals surface area contributed by atoms with E-state index in [9.17, 15) is 27.6 Å². The Balaban J connectivity index is 1.29. The van der Waals surface area contributed by atoms with Gasteiger partial charge in [0.2, 0.25) is 5.91 Å². The first-order chi connectivity index (χ1) is 16.7. The molecule has 0 saturated carbocycles. The van der Waals surface area contributed by atoms with Crippen molar-refractivity contribution in [3.8, 4) is 11.3 Å². The fourth-order valence-electron chi connectivity index (χ4n) is 3.82. The van der Waals surface area contributed by atoms with Crippen LogP contribution in [0.25, 0.3) is 11.3 Å². The number of hydrogen-bond acceptors (Lipinski definition) is 4. The van der Waals surface area contributed by atoms with Crippen LogP contribution in [0.15, 0.2) is 71.1 Å². The van der Waals surface area contributed by atoms with Crippen molar-refractivity contribution < 1.29 is 32.0 Å². The first-order valence-electron chi connectivity index (χ1n) is 10.9. The van der Waals surface area contributed by atoms with E-state index in [1.165, 1.54) is 28.0 Å². The molecule has 0 unspecified atom stereocenters. The fourth-order valence-corrected chi connectivity index (χ4v) is 3.82. The number of rotatable bonds is 5. The van der Waals surface area contributed by atoms with Crippen LogP contribution in [-0.4, -0.2) is 60.2 Å². The SMILES string of the molecule is O=C(NCC(=O)N1CCN(C(=O)c2ccccc2C(F)(F)F)CC1)c1ccc(-c2ccccc2)o1. The maximum Gasteiger partial charge on any atom is 0.417 e. The van der Waals surface area contributed by atoms with Gasteiger partial charge in [0.15, 0.2) is 5.76 Å². The van der Waals surface area contributed by atoms with Gasteiger partial charge in [-0.3, -0.25) is 14.4 Å². The second-order valence-corrected chi connectivity index (χ2v) is 7.93. The molecule has 4 rings (SSSR count). The van der Waals surface area contributed by atoms with Crippen molar-refractivity contribution in [2.24, 2.45) is 0 Å². The number of halogens is 3. The molecule has 2 aromatic carbocycles. The van der Waals surface area contributed by atoms with E-state index < -0.39 is 29.1 Å². The van der Waals surface area contributed by atoms with Gasteiger partial charge in [0.1, 0.15) is 5.76 Å². The summed E-state index contributed by atoms with van der Waals surface area (Å²) in [5.74, 6) is -1.05. The Hall–Kier alpha value is -4.08. The molecule has 3 amide bonds. The van der Waals surface area contributed by atoms with Gasteiger partial charge < -0.3 is 19.5 Å². The lowest BCUT2D eigenvalue weighted by atomic mass is 10.1. The predicted molar refractivity (Wildman–Crippen MR) is 120 cm³/mol. The summed E-state index contributed by atoms with van der Waals surface area (Å²) >= 11 is 0. The van der Waals surface area contributed by atoms with Crippen LogP contribution in [0.3, 0.4) is 0 Å². The molecule has 0 bridgehead atoms. The highest BCUT2D eigenvalue weighted by Gasteiger charge is 2.36. The molecule has 1 aromatic heterocycles. The first-order valence-corrected chi connectivity index (χ1v) is 10.9. The number of nitrogens with zero attached hydrogens (tertiary/aromatic N) is 2. The van der Waals surface area contributed by atoms with Crippen molar-refractivity contribution in [1.82, 2.24) is 15.1 Å². The third-order valence-electron chi connectivity index (χ3n) is 5.67. The smallest absolute Gasteiger partial charge is 0.417 e. The molecule has 35 heavy (non-hydrogen) atoms. The Bertz CT molecular complexity index is 1220. The van der Waals surface area contributed by atoms with Crippen LogP contribution < -0.4 is 5.32 Å². The maximum atomic E-state index is 13.2. The average Bonchev–Trinajstić information content (AvgIpc) is 3.37. The topological polar surface area (TPSA) is 82.9 Å². The highest BCUT2D eigenvalue weighted by molar-refractivity contribution is 5.96. The number of alkyl halides is 3. The van der Waals surface area contributed by atoms with Crippen LogP contribution in [-0.2, 0) is 11.0 Å². The number of nitrogens with one attached hydrogen (secondary N) is 1. The summed E-state index contributed by atoms with van der Waals surface area (Å²) in [5, 5.41) is 2.52.